The Labute approximate surface area is 192 Å². The van der Waals surface area contributed by atoms with Gasteiger partial charge in [-0.25, -0.2) is 4.79 Å². The number of urea groups is 1. The fraction of sp³-hybridized carbons (Fsp3) is 0.318. The number of nitrogens with zero attached hydrogens (tertiary/aromatic N) is 4. The smallest absolute Gasteiger partial charge is 0.321 e. The van der Waals surface area contributed by atoms with Crippen LogP contribution in [0.4, 0.5) is 16.2 Å². The minimum absolute atomic E-state index is 0.0170. The molecule has 2 amide bonds. The molecule has 2 N–H and O–H groups in total. The molecule has 1 atom stereocenters. The van der Waals surface area contributed by atoms with Crippen LogP contribution in [0.2, 0.25) is 10.0 Å². The fourth-order valence-electron chi connectivity index (χ4n) is 3.44. The van der Waals surface area contributed by atoms with Crippen molar-refractivity contribution in [2.24, 2.45) is 10.9 Å². The first-order valence-electron chi connectivity index (χ1n) is 9.95. The maximum atomic E-state index is 12.8. The first-order chi connectivity index (χ1) is 14.9. The van der Waals surface area contributed by atoms with Gasteiger partial charge in [0.25, 0.3) is 0 Å². The maximum absolute atomic E-state index is 12.8. The summed E-state index contributed by atoms with van der Waals surface area (Å²) < 4.78 is 0. The lowest BCUT2D eigenvalue weighted by Gasteiger charge is -2.44. The zero-order valence-corrected chi connectivity index (χ0v) is 18.9. The van der Waals surface area contributed by atoms with Crippen LogP contribution in [0.25, 0.3) is 0 Å². The second kappa shape index (κ2) is 10.4. The lowest BCUT2D eigenvalue weighted by atomic mass is 10.00. The van der Waals surface area contributed by atoms with Gasteiger partial charge in [0, 0.05) is 41.1 Å². The van der Waals surface area contributed by atoms with E-state index in [2.05, 4.69) is 34.4 Å². The first-order valence-corrected chi connectivity index (χ1v) is 10.7. The molecule has 1 aliphatic heterocycles. The highest BCUT2D eigenvalue weighted by Gasteiger charge is 2.33. The molecule has 0 aromatic heterocycles. The summed E-state index contributed by atoms with van der Waals surface area (Å²) >= 11 is 11.9. The number of hydrogen-bond donors (Lipinski definition) is 2. The molecule has 31 heavy (non-hydrogen) atoms. The summed E-state index contributed by atoms with van der Waals surface area (Å²) in [4.78, 5) is 20.6. The number of nitrogens with one attached hydrogen (secondary N) is 2. The van der Waals surface area contributed by atoms with Crippen molar-refractivity contribution >= 4 is 46.6 Å². The predicted molar refractivity (Wildman–Crippen MR) is 125 cm³/mol. The molecule has 162 valence electrons. The molecule has 0 saturated carbocycles. The number of hydrogen-bond acceptors (Lipinski definition) is 3. The SMILES string of the molecule is CC(C)C1CN(C(=O)Nc2ccc(Cl)cc2)CCN1/C(=N\C#N)Nc1ccc(Cl)cc1. The minimum Gasteiger partial charge on any atom is -0.335 e. The Morgan fingerprint density at radius 1 is 1.03 bits per heavy atom. The second-order valence-electron chi connectivity index (χ2n) is 7.56. The molecule has 1 unspecified atom stereocenters. The maximum Gasteiger partial charge on any atom is 0.321 e. The molecule has 2 aromatic carbocycles. The Kier molecular flexibility index (Phi) is 7.61. The molecule has 1 aliphatic rings. The highest BCUT2D eigenvalue weighted by Crippen LogP contribution is 2.21. The summed E-state index contributed by atoms with van der Waals surface area (Å²) in [6.07, 6.45) is 1.88. The van der Waals surface area contributed by atoms with Crippen molar-refractivity contribution in [2.75, 3.05) is 30.3 Å². The Morgan fingerprint density at radius 3 is 2.10 bits per heavy atom. The molecule has 9 heteroatoms. The molecule has 0 spiro atoms. The molecule has 2 aromatic rings. The van der Waals surface area contributed by atoms with Gasteiger partial charge in [-0.3, -0.25) is 0 Å². The summed E-state index contributed by atoms with van der Waals surface area (Å²) in [7, 11) is 0. The molecule has 0 radical (unpaired) electrons. The number of piperazine rings is 1. The van der Waals surface area contributed by atoms with Crippen LogP contribution < -0.4 is 10.6 Å². The van der Waals surface area contributed by atoms with Crippen molar-refractivity contribution in [3.63, 3.8) is 0 Å². The molecule has 1 heterocycles. The number of halogens is 2. The van der Waals surface area contributed by atoms with Gasteiger partial charge in [0.1, 0.15) is 0 Å². The highest BCUT2D eigenvalue weighted by atomic mass is 35.5. The summed E-state index contributed by atoms with van der Waals surface area (Å²) in [6, 6.07) is 14.0. The van der Waals surface area contributed by atoms with E-state index in [1.165, 1.54) is 0 Å². The first kappa shape index (κ1) is 22.7. The number of rotatable bonds is 3. The van der Waals surface area contributed by atoms with Crippen LogP contribution >= 0.6 is 23.2 Å². The largest absolute Gasteiger partial charge is 0.335 e. The van der Waals surface area contributed by atoms with E-state index < -0.39 is 0 Å². The summed E-state index contributed by atoms with van der Waals surface area (Å²) in [5, 5.41) is 16.6. The summed E-state index contributed by atoms with van der Waals surface area (Å²) in [5.74, 6) is 0.684. The molecular weight excluding hydrogens is 435 g/mol. The minimum atomic E-state index is -0.169. The van der Waals surface area contributed by atoms with Gasteiger partial charge < -0.3 is 20.4 Å². The highest BCUT2D eigenvalue weighted by molar-refractivity contribution is 6.31. The van der Waals surface area contributed by atoms with E-state index in [9.17, 15) is 10.1 Å². The van der Waals surface area contributed by atoms with E-state index in [0.29, 0.717) is 41.3 Å². The van der Waals surface area contributed by atoms with Crippen molar-refractivity contribution in [2.45, 2.75) is 19.9 Å². The normalized spacial score (nSPS) is 16.8. The van der Waals surface area contributed by atoms with Gasteiger partial charge in [-0.2, -0.15) is 5.26 Å². The second-order valence-corrected chi connectivity index (χ2v) is 8.43. The Morgan fingerprint density at radius 2 is 1.58 bits per heavy atom. The van der Waals surface area contributed by atoms with Gasteiger partial charge in [-0.1, -0.05) is 37.0 Å². The van der Waals surface area contributed by atoms with Crippen molar-refractivity contribution in [3.05, 3.63) is 58.6 Å². The average molecular weight is 459 g/mol. The van der Waals surface area contributed by atoms with E-state index in [4.69, 9.17) is 23.2 Å². The molecule has 1 saturated heterocycles. The van der Waals surface area contributed by atoms with Gasteiger partial charge in [-0.05, 0) is 54.4 Å². The number of aliphatic imine (C=N–C) groups is 1. The van der Waals surface area contributed by atoms with E-state index >= 15 is 0 Å². The number of amides is 2. The molecular formula is C22H24Cl2N6O. The lowest BCUT2D eigenvalue weighted by molar-refractivity contribution is 0.120. The van der Waals surface area contributed by atoms with Crippen LogP contribution in [-0.2, 0) is 0 Å². The van der Waals surface area contributed by atoms with E-state index in [1.54, 1.807) is 41.3 Å². The zero-order valence-electron chi connectivity index (χ0n) is 17.3. The van der Waals surface area contributed by atoms with Gasteiger partial charge in [-0.15, -0.1) is 4.99 Å². The van der Waals surface area contributed by atoms with Crippen LogP contribution in [0.3, 0.4) is 0 Å². The molecule has 3 rings (SSSR count). The van der Waals surface area contributed by atoms with Crippen molar-refractivity contribution in [1.82, 2.24) is 9.80 Å². The standard InChI is InChI=1S/C22H24Cl2N6O/c1-15(2)20-13-29(22(31)28-19-9-5-17(24)6-10-19)11-12-30(20)21(26-14-25)27-18-7-3-16(23)4-8-18/h3-10,15,20H,11-13H2,1-2H3,(H,26,27)(H,28,31). The number of carbonyl (C=O) groups is 1. The molecule has 7 nitrogen and oxygen atoms in total. The van der Waals surface area contributed by atoms with Crippen LogP contribution in [-0.4, -0.2) is 47.5 Å². The number of carbonyl (C=O) groups excluding carboxylic acids is 1. The third-order valence-corrected chi connectivity index (χ3v) is 5.60. The van der Waals surface area contributed by atoms with E-state index in [1.807, 2.05) is 18.3 Å². The van der Waals surface area contributed by atoms with Gasteiger partial charge in [0.2, 0.25) is 12.2 Å². The predicted octanol–water partition coefficient (Wildman–Crippen LogP) is 5.12. The van der Waals surface area contributed by atoms with Crippen molar-refractivity contribution in [1.29, 1.82) is 5.26 Å². The number of benzene rings is 2. The van der Waals surface area contributed by atoms with E-state index in [0.717, 1.165) is 5.69 Å². The summed E-state index contributed by atoms with van der Waals surface area (Å²) in [5.41, 5.74) is 1.47. The average Bonchev–Trinajstić information content (AvgIpc) is 2.76. The van der Waals surface area contributed by atoms with Crippen LogP contribution in [0.1, 0.15) is 13.8 Å². The Balaban J connectivity index is 1.72. The molecule has 1 fully saturated rings. The van der Waals surface area contributed by atoms with Gasteiger partial charge >= 0.3 is 6.03 Å². The van der Waals surface area contributed by atoms with Crippen molar-refractivity contribution < 1.29 is 4.79 Å². The van der Waals surface area contributed by atoms with Crippen LogP contribution in [0.5, 0.6) is 0 Å². The third-order valence-electron chi connectivity index (χ3n) is 5.10. The number of guanidine groups is 1. The lowest BCUT2D eigenvalue weighted by Crippen LogP contribution is -2.60. The quantitative estimate of drug-likeness (QED) is 0.379. The zero-order chi connectivity index (χ0) is 22.4. The fourth-order valence-corrected chi connectivity index (χ4v) is 3.69. The molecule has 0 bridgehead atoms. The monoisotopic (exact) mass is 458 g/mol. The van der Waals surface area contributed by atoms with E-state index in [-0.39, 0.29) is 18.0 Å². The topological polar surface area (TPSA) is 83.8 Å². The Hall–Kier alpha value is -2.95. The summed E-state index contributed by atoms with van der Waals surface area (Å²) in [6.45, 7) is 5.71. The molecule has 0 aliphatic carbocycles. The third kappa shape index (κ3) is 6.03. The van der Waals surface area contributed by atoms with Gasteiger partial charge in [0.05, 0.1) is 6.04 Å². The number of nitriles is 1. The van der Waals surface area contributed by atoms with Gasteiger partial charge in [0.15, 0.2) is 0 Å². The van der Waals surface area contributed by atoms with Crippen LogP contribution in [0.15, 0.2) is 53.5 Å². The van der Waals surface area contributed by atoms with Crippen LogP contribution in [0, 0.1) is 17.4 Å². The Bertz CT molecular complexity index is 969. The number of anilines is 2. The van der Waals surface area contributed by atoms with Crippen molar-refractivity contribution in [3.8, 4) is 6.19 Å².